The van der Waals surface area contributed by atoms with E-state index >= 15 is 0 Å². The molecule has 2 aliphatic heterocycles. The number of carbonyl (C=O) groups is 2. The van der Waals surface area contributed by atoms with E-state index in [9.17, 15) is 14.7 Å². The molecule has 2 aliphatic rings. The normalized spacial score (nSPS) is 23.1. The summed E-state index contributed by atoms with van der Waals surface area (Å²) in [6, 6.07) is 17.6. The van der Waals surface area contributed by atoms with E-state index in [-0.39, 0.29) is 34.6 Å². The topological polar surface area (TPSA) is 109 Å². The molecule has 0 aliphatic carbocycles. The molecule has 3 aromatic rings. The van der Waals surface area contributed by atoms with Crippen LogP contribution in [-0.4, -0.2) is 49.8 Å². The van der Waals surface area contributed by atoms with E-state index in [2.05, 4.69) is 42.8 Å². The van der Waals surface area contributed by atoms with Gasteiger partial charge in [0.1, 0.15) is 11.5 Å². The number of hydrogen-bond donors (Lipinski definition) is 4. The number of nitrogens with one attached hydrogen (secondary N) is 3. The van der Waals surface area contributed by atoms with Crippen molar-refractivity contribution in [3.63, 3.8) is 0 Å². The predicted molar refractivity (Wildman–Crippen MR) is 161 cm³/mol. The van der Waals surface area contributed by atoms with Crippen LogP contribution in [0.2, 0.25) is 5.02 Å². The smallest absolute Gasteiger partial charge is 0.335 e. The Hall–Kier alpha value is -3.75. The number of hydrogen-bond acceptors (Lipinski definition) is 6. The number of rotatable bonds is 7. The second-order valence-corrected chi connectivity index (χ2v) is 12.4. The van der Waals surface area contributed by atoms with Crippen LogP contribution < -0.4 is 25.4 Å². The molecule has 2 heterocycles. The molecular formula is C32H36ClN3O5. The molecule has 5 rings (SSSR count). The molecule has 8 nitrogen and oxygen atoms in total. The molecule has 41 heavy (non-hydrogen) atoms. The van der Waals surface area contributed by atoms with Gasteiger partial charge in [-0.3, -0.25) is 4.79 Å². The van der Waals surface area contributed by atoms with Crippen molar-refractivity contribution in [1.29, 1.82) is 0 Å². The largest absolute Gasteiger partial charge is 0.497 e. The molecule has 4 atom stereocenters. The number of aromatic carboxylic acids is 1. The van der Waals surface area contributed by atoms with Crippen molar-refractivity contribution < 1.29 is 24.2 Å². The molecule has 1 saturated heterocycles. The van der Waals surface area contributed by atoms with Gasteiger partial charge in [0.15, 0.2) is 0 Å². The first-order chi connectivity index (χ1) is 19.5. The van der Waals surface area contributed by atoms with E-state index < -0.39 is 17.4 Å². The Morgan fingerprint density at radius 1 is 1.07 bits per heavy atom. The molecular weight excluding hydrogens is 542 g/mol. The number of benzene rings is 3. The van der Waals surface area contributed by atoms with Crippen LogP contribution in [0.25, 0.3) is 0 Å². The summed E-state index contributed by atoms with van der Waals surface area (Å²) in [6.07, 6.45) is 0.817. The SMILES string of the molecule is COc1cccc([C@H]2[C@H](C(=O)Nc3ccc(C(=O)O)cc3OC)N[C@@H](CC(C)(C)C)[C@@]23CNc2cc(Cl)ccc23)c1. The Labute approximate surface area is 245 Å². The number of amides is 1. The average molecular weight is 578 g/mol. The Kier molecular flexibility index (Phi) is 7.66. The van der Waals surface area contributed by atoms with Gasteiger partial charge in [0.25, 0.3) is 0 Å². The lowest BCUT2D eigenvalue weighted by atomic mass is 9.63. The highest BCUT2D eigenvalue weighted by molar-refractivity contribution is 6.30. The summed E-state index contributed by atoms with van der Waals surface area (Å²) in [5.41, 5.74) is 3.04. The molecule has 0 saturated carbocycles. The first-order valence-electron chi connectivity index (χ1n) is 13.6. The standard InChI is InChI=1S/C32H36ClN3O5/c1-31(2,3)16-26-32(17-34-24-15-20(33)10-11-22(24)32)27(18-7-6-8-21(13-18)40-4)28(36-26)29(37)35-23-12-9-19(30(38)39)14-25(23)41-5/h6-15,26-28,34,36H,16-17H2,1-5H3,(H,35,37)(H,38,39)/t26-,27-,28+,32-/m0/s1. The monoisotopic (exact) mass is 577 g/mol. The van der Waals surface area contributed by atoms with Crippen LogP contribution in [-0.2, 0) is 10.2 Å². The molecule has 216 valence electrons. The number of carbonyl (C=O) groups excluding carboxylic acids is 1. The first kappa shape index (κ1) is 28.8. The summed E-state index contributed by atoms with van der Waals surface area (Å²) in [4.78, 5) is 25.7. The minimum atomic E-state index is -1.07. The van der Waals surface area contributed by atoms with Crippen LogP contribution in [0.4, 0.5) is 11.4 Å². The number of ether oxygens (including phenoxy) is 2. The number of carboxylic acids is 1. The minimum absolute atomic E-state index is 0.0278. The van der Waals surface area contributed by atoms with Gasteiger partial charge >= 0.3 is 5.97 Å². The Morgan fingerprint density at radius 2 is 1.85 bits per heavy atom. The van der Waals surface area contributed by atoms with Gasteiger partial charge in [-0.2, -0.15) is 0 Å². The fraction of sp³-hybridized carbons (Fsp3) is 0.375. The van der Waals surface area contributed by atoms with E-state index in [4.69, 9.17) is 21.1 Å². The summed E-state index contributed by atoms with van der Waals surface area (Å²) < 4.78 is 11.0. The number of anilines is 2. The average Bonchev–Trinajstić information content (AvgIpc) is 3.46. The zero-order chi connectivity index (χ0) is 29.5. The van der Waals surface area contributed by atoms with Crippen molar-refractivity contribution in [3.8, 4) is 11.5 Å². The lowest BCUT2D eigenvalue weighted by Crippen LogP contribution is -2.46. The highest BCUT2D eigenvalue weighted by Crippen LogP contribution is 2.56. The van der Waals surface area contributed by atoms with Gasteiger partial charge in [0.05, 0.1) is 31.5 Å². The van der Waals surface area contributed by atoms with Crippen LogP contribution in [0.3, 0.4) is 0 Å². The zero-order valence-electron chi connectivity index (χ0n) is 23.9. The molecule has 0 aromatic heterocycles. The van der Waals surface area contributed by atoms with E-state index in [1.807, 2.05) is 36.4 Å². The van der Waals surface area contributed by atoms with Crippen molar-refractivity contribution in [2.24, 2.45) is 5.41 Å². The van der Waals surface area contributed by atoms with E-state index in [1.54, 1.807) is 13.2 Å². The van der Waals surface area contributed by atoms with Crippen LogP contribution >= 0.6 is 11.6 Å². The summed E-state index contributed by atoms with van der Waals surface area (Å²) in [7, 11) is 3.08. The minimum Gasteiger partial charge on any atom is -0.497 e. The summed E-state index contributed by atoms with van der Waals surface area (Å²) in [5.74, 6) is -0.598. The second-order valence-electron chi connectivity index (χ2n) is 12.0. The molecule has 0 unspecified atom stereocenters. The Bertz CT molecular complexity index is 1490. The van der Waals surface area contributed by atoms with Gasteiger partial charge in [-0.1, -0.05) is 50.6 Å². The lowest BCUT2D eigenvalue weighted by Gasteiger charge is -2.39. The Morgan fingerprint density at radius 3 is 2.54 bits per heavy atom. The number of fused-ring (bicyclic) bond motifs is 2. The first-order valence-corrected chi connectivity index (χ1v) is 14.0. The van der Waals surface area contributed by atoms with Crippen molar-refractivity contribution in [2.75, 3.05) is 31.4 Å². The van der Waals surface area contributed by atoms with Gasteiger partial charge in [-0.05, 0) is 65.4 Å². The maximum atomic E-state index is 14.2. The maximum absolute atomic E-state index is 14.2. The number of methoxy groups -OCH3 is 2. The molecule has 4 N–H and O–H groups in total. The van der Waals surface area contributed by atoms with Gasteiger partial charge in [-0.15, -0.1) is 0 Å². The van der Waals surface area contributed by atoms with Crippen LogP contribution in [0.15, 0.2) is 60.7 Å². The fourth-order valence-corrected chi connectivity index (χ4v) is 6.68. The molecule has 0 bridgehead atoms. The van der Waals surface area contributed by atoms with Gasteiger partial charge in [-0.25, -0.2) is 4.79 Å². The van der Waals surface area contributed by atoms with Crippen LogP contribution in [0.5, 0.6) is 11.5 Å². The molecule has 3 aromatic carbocycles. The maximum Gasteiger partial charge on any atom is 0.335 e. The lowest BCUT2D eigenvalue weighted by molar-refractivity contribution is -0.118. The van der Waals surface area contributed by atoms with E-state index in [0.717, 1.165) is 23.2 Å². The van der Waals surface area contributed by atoms with Crippen LogP contribution in [0, 0.1) is 5.41 Å². The Balaban J connectivity index is 1.64. The van der Waals surface area contributed by atoms with Crippen molar-refractivity contribution in [1.82, 2.24) is 5.32 Å². The van der Waals surface area contributed by atoms with Gasteiger partial charge in [0, 0.05) is 34.6 Å². The highest BCUT2D eigenvalue weighted by Gasteiger charge is 2.61. The van der Waals surface area contributed by atoms with Crippen molar-refractivity contribution in [3.05, 3.63) is 82.4 Å². The highest BCUT2D eigenvalue weighted by atomic mass is 35.5. The second kappa shape index (κ2) is 10.9. The van der Waals surface area contributed by atoms with E-state index in [1.165, 1.54) is 19.2 Å². The predicted octanol–water partition coefficient (Wildman–Crippen LogP) is 5.92. The van der Waals surface area contributed by atoms with Gasteiger partial charge in [0.2, 0.25) is 5.91 Å². The zero-order valence-corrected chi connectivity index (χ0v) is 24.6. The third-order valence-corrected chi connectivity index (χ3v) is 8.44. The quantitative estimate of drug-likeness (QED) is 0.276. The number of carboxylic acid groups (broad SMARTS) is 1. The molecule has 1 amide bonds. The molecule has 9 heteroatoms. The molecule has 0 radical (unpaired) electrons. The third-order valence-electron chi connectivity index (χ3n) is 8.20. The summed E-state index contributed by atoms with van der Waals surface area (Å²) >= 11 is 6.40. The number of halogens is 1. The van der Waals surface area contributed by atoms with Gasteiger partial charge < -0.3 is 30.5 Å². The van der Waals surface area contributed by atoms with Crippen LogP contribution in [0.1, 0.15) is 54.6 Å². The molecule has 1 spiro atoms. The van der Waals surface area contributed by atoms with E-state index in [0.29, 0.717) is 23.0 Å². The molecule has 1 fully saturated rings. The summed E-state index contributed by atoms with van der Waals surface area (Å²) in [5, 5.41) is 20.4. The third kappa shape index (κ3) is 5.34. The van der Waals surface area contributed by atoms with Crippen molar-refractivity contribution >= 4 is 34.9 Å². The fourth-order valence-electron chi connectivity index (χ4n) is 6.51. The summed E-state index contributed by atoms with van der Waals surface area (Å²) in [6.45, 7) is 7.24. The van der Waals surface area contributed by atoms with Crippen molar-refractivity contribution in [2.45, 2.75) is 50.6 Å².